The third-order valence-corrected chi connectivity index (χ3v) is 4.37. The van der Waals surface area contributed by atoms with Gasteiger partial charge in [-0.1, -0.05) is 18.2 Å². The first kappa shape index (κ1) is 19.2. The van der Waals surface area contributed by atoms with Crippen molar-refractivity contribution in [3.05, 3.63) is 39.9 Å². The van der Waals surface area contributed by atoms with Crippen molar-refractivity contribution >= 4 is 29.6 Å². The van der Waals surface area contributed by atoms with Gasteiger partial charge in [-0.25, -0.2) is 0 Å². The van der Waals surface area contributed by atoms with Crippen molar-refractivity contribution in [2.45, 2.75) is 25.8 Å². The van der Waals surface area contributed by atoms with Crippen LogP contribution in [0.4, 0.5) is 5.69 Å². The van der Waals surface area contributed by atoms with Gasteiger partial charge in [0.25, 0.3) is 5.69 Å². The molecule has 1 N–H and O–H groups in total. The summed E-state index contributed by atoms with van der Waals surface area (Å²) in [6.07, 6.45) is 0.435. The summed E-state index contributed by atoms with van der Waals surface area (Å²) in [6, 6.07) is 4.41. The Labute approximate surface area is 148 Å². The normalized spacial score (nSPS) is 25.1. The average molecular weight is 362 g/mol. The van der Waals surface area contributed by atoms with Crippen LogP contribution in [0.15, 0.2) is 29.3 Å². The molecule has 1 aromatic rings. The lowest BCUT2D eigenvalue weighted by atomic mass is 9.69. The fourth-order valence-corrected chi connectivity index (χ4v) is 3.36. The Morgan fingerprint density at radius 3 is 2.58 bits per heavy atom. The fourth-order valence-electron chi connectivity index (χ4n) is 3.36. The van der Waals surface area contributed by atoms with Crippen molar-refractivity contribution in [1.82, 2.24) is 0 Å². The summed E-state index contributed by atoms with van der Waals surface area (Å²) in [5, 5.41) is 21.1. The van der Waals surface area contributed by atoms with Crippen molar-refractivity contribution in [2.75, 3.05) is 6.61 Å². The highest BCUT2D eigenvalue weighted by Gasteiger charge is 2.50. The van der Waals surface area contributed by atoms with Crippen molar-refractivity contribution in [2.24, 2.45) is 16.8 Å². The third kappa shape index (κ3) is 3.46. The topological polar surface area (TPSA) is 136 Å². The number of esters is 1. The number of carbonyl (C=O) groups excluding carboxylic acids is 2. The highest BCUT2D eigenvalue weighted by molar-refractivity contribution is 6.04. The Morgan fingerprint density at radius 1 is 1.38 bits per heavy atom. The van der Waals surface area contributed by atoms with Crippen molar-refractivity contribution in [1.29, 1.82) is 0 Å². The third-order valence-electron chi connectivity index (χ3n) is 4.37. The van der Waals surface area contributed by atoms with E-state index in [-0.39, 0.29) is 23.6 Å². The molecule has 0 aliphatic carbocycles. The number of hydrogen-bond donors (Lipinski definition) is 1. The van der Waals surface area contributed by atoms with Crippen LogP contribution in [0, 0.1) is 22.0 Å². The lowest BCUT2D eigenvalue weighted by Gasteiger charge is -2.36. The van der Waals surface area contributed by atoms with Gasteiger partial charge in [0.15, 0.2) is 0 Å². The van der Waals surface area contributed by atoms with E-state index < -0.39 is 40.7 Å². The van der Waals surface area contributed by atoms with Crippen molar-refractivity contribution < 1.29 is 29.2 Å². The molecule has 0 amide bonds. The zero-order valence-corrected chi connectivity index (χ0v) is 14.2. The second-order valence-electron chi connectivity index (χ2n) is 5.83. The first-order chi connectivity index (χ1) is 12.3. The van der Waals surface area contributed by atoms with Crippen molar-refractivity contribution in [3.63, 3.8) is 0 Å². The Bertz CT molecular complexity index is 774. The van der Waals surface area contributed by atoms with Gasteiger partial charge < -0.3 is 14.6 Å². The number of para-hydroxylation sites is 1. The molecular formula is C17H18N2O7. The predicted octanol–water partition coefficient (Wildman–Crippen LogP) is 1.60. The molecule has 0 bridgehead atoms. The van der Waals surface area contributed by atoms with E-state index in [1.165, 1.54) is 31.2 Å². The zero-order valence-electron chi connectivity index (χ0n) is 14.2. The fraction of sp³-hybridized carbons (Fsp3) is 0.412. The number of nitro groups is 1. The Morgan fingerprint density at radius 2 is 2.04 bits per heavy atom. The first-order valence-electron chi connectivity index (χ1n) is 7.95. The zero-order chi connectivity index (χ0) is 19.4. The number of rotatable bonds is 6. The van der Waals surface area contributed by atoms with Crippen LogP contribution in [0.3, 0.4) is 0 Å². The van der Waals surface area contributed by atoms with Crippen molar-refractivity contribution in [3.8, 4) is 0 Å². The number of aliphatic carboxylic acids is 1. The number of ether oxygens (including phenoxy) is 1. The minimum atomic E-state index is -1.29. The van der Waals surface area contributed by atoms with E-state index in [2.05, 4.69) is 4.99 Å². The highest BCUT2D eigenvalue weighted by atomic mass is 16.6. The number of aldehydes is 1. The maximum Gasteiger partial charge on any atom is 0.312 e. The molecule has 1 aliphatic heterocycles. The smallest absolute Gasteiger partial charge is 0.312 e. The molecule has 0 saturated heterocycles. The molecule has 1 aliphatic rings. The van der Waals surface area contributed by atoms with Gasteiger partial charge >= 0.3 is 11.9 Å². The SMILES string of the molecule is CCOC(=O)C1C(C=O)N=C(C)C(C(=O)O)C1c1ccccc1[N+](=O)[O-]. The van der Waals surface area contributed by atoms with E-state index >= 15 is 0 Å². The lowest BCUT2D eigenvalue weighted by Crippen LogP contribution is -2.46. The lowest BCUT2D eigenvalue weighted by molar-refractivity contribution is -0.385. The number of nitrogens with zero attached hydrogens (tertiary/aromatic N) is 2. The van der Waals surface area contributed by atoms with Gasteiger partial charge in [0.05, 0.1) is 17.4 Å². The van der Waals surface area contributed by atoms with Gasteiger partial charge in [-0.3, -0.25) is 24.7 Å². The average Bonchev–Trinajstić information content (AvgIpc) is 2.60. The molecule has 9 nitrogen and oxygen atoms in total. The minimum Gasteiger partial charge on any atom is -0.481 e. The quantitative estimate of drug-likeness (QED) is 0.351. The first-order valence-corrected chi connectivity index (χ1v) is 7.95. The van der Waals surface area contributed by atoms with E-state index in [1.54, 1.807) is 6.92 Å². The van der Waals surface area contributed by atoms with Crippen LogP contribution >= 0.6 is 0 Å². The second-order valence-corrected chi connectivity index (χ2v) is 5.83. The number of carboxylic acid groups (broad SMARTS) is 1. The molecule has 0 saturated carbocycles. The van der Waals surface area contributed by atoms with E-state index in [0.29, 0.717) is 6.29 Å². The van der Waals surface area contributed by atoms with Gasteiger partial charge in [-0.05, 0) is 13.8 Å². The summed E-state index contributed by atoms with van der Waals surface area (Å²) < 4.78 is 5.00. The monoisotopic (exact) mass is 362 g/mol. The van der Waals surface area contributed by atoms with Gasteiger partial charge in [0, 0.05) is 23.3 Å². The number of carbonyl (C=O) groups is 3. The summed E-state index contributed by atoms with van der Waals surface area (Å²) in [5.74, 6) is -5.80. The molecule has 2 rings (SSSR count). The van der Waals surface area contributed by atoms with Gasteiger partial charge in [-0.15, -0.1) is 0 Å². The minimum absolute atomic E-state index is 0.0188. The summed E-state index contributed by atoms with van der Waals surface area (Å²) in [4.78, 5) is 50.7. The molecule has 0 radical (unpaired) electrons. The number of aliphatic imine (C=N–C) groups is 1. The molecule has 1 heterocycles. The largest absolute Gasteiger partial charge is 0.481 e. The molecule has 0 aromatic heterocycles. The Kier molecular flexibility index (Phi) is 5.81. The molecule has 4 atom stereocenters. The summed E-state index contributed by atoms with van der Waals surface area (Å²) in [5.41, 5.74) is -0.139. The maximum atomic E-state index is 12.5. The van der Waals surface area contributed by atoms with Crippen LogP contribution in [0.1, 0.15) is 25.3 Å². The molecule has 4 unspecified atom stereocenters. The van der Waals surface area contributed by atoms with E-state index in [9.17, 15) is 29.6 Å². The van der Waals surface area contributed by atoms with Crippen LogP contribution in [-0.2, 0) is 19.1 Å². The van der Waals surface area contributed by atoms with Crippen LogP contribution in [0.25, 0.3) is 0 Å². The number of carboxylic acids is 1. The molecule has 1 aromatic carbocycles. The molecule has 9 heteroatoms. The predicted molar refractivity (Wildman–Crippen MR) is 90.0 cm³/mol. The van der Waals surface area contributed by atoms with Crippen LogP contribution < -0.4 is 0 Å². The van der Waals surface area contributed by atoms with Gasteiger partial charge in [0.1, 0.15) is 18.2 Å². The van der Waals surface area contributed by atoms with Crippen LogP contribution in [-0.4, -0.2) is 46.6 Å². The Hall–Kier alpha value is -3.10. The number of nitro benzene ring substituents is 1. The molecule has 0 fully saturated rings. The number of benzene rings is 1. The van der Waals surface area contributed by atoms with Gasteiger partial charge in [0.2, 0.25) is 0 Å². The van der Waals surface area contributed by atoms with Gasteiger partial charge in [-0.2, -0.15) is 0 Å². The summed E-state index contributed by atoms with van der Waals surface area (Å²) in [7, 11) is 0. The molecule has 0 spiro atoms. The molecular weight excluding hydrogens is 344 g/mol. The van der Waals surface area contributed by atoms with E-state index in [0.717, 1.165) is 0 Å². The maximum absolute atomic E-state index is 12.5. The molecule has 26 heavy (non-hydrogen) atoms. The van der Waals surface area contributed by atoms with E-state index in [1.807, 2.05) is 0 Å². The molecule has 138 valence electrons. The van der Waals surface area contributed by atoms with Crippen LogP contribution in [0.5, 0.6) is 0 Å². The Balaban J connectivity index is 2.74. The number of hydrogen-bond acceptors (Lipinski definition) is 7. The van der Waals surface area contributed by atoms with Crippen LogP contribution in [0.2, 0.25) is 0 Å². The second kappa shape index (κ2) is 7.85. The summed E-state index contributed by atoms with van der Waals surface area (Å²) >= 11 is 0. The standard InChI is InChI=1S/C17H18N2O7/c1-3-26-17(23)15-11(8-20)18-9(2)13(16(21)22)14(15)10-6-4-5-7-12(10)19(24)25/h4-8,11,13-15H,3H2,1-2H3,(H,21,22). The highest BCUT2D eigenvalue weighted by Crippen LogP contribution is 2.43. The summed E-state index contributed by atoms with van der Waals surface area (Å²) in [6.45, 7) is 3.02. The van der Waals surface area contributed by atoms with E-state index in [4.69, 9.17) is 4.74 Å².